The summed E-state index contributed by atoms with van der Waals surface area (Å²) in [6.07, 6.45) is 1.57. The molecular weight excluding hydrogens is 260 g/mol. The fourth-order valence-electron chi connectivity index (χ4n) is 1.77. The zero-order valence-corrected chi connectivity index (χ0v) is 12.9. The summed E-state index contributed by atoms with van der Waals surface area (Å²) in [5.41, 5.74) is -0.509. The minimum absolute atomic E-state index is 0.0975. The van der Waals surface area contributed by atoms with Crippen LogP contribution < -0.4 is 5.32 Å². The van der Waals surface area contributed by atoms with E-state index in [1.54, 1.807) is 24.8 Å². The number of ether oxygens (including phenoxy) is 2. The molecule has 0 aromatic heterocycles. The van der Waals surface area contributed by atoms with Crippen molar-refractivity contribution in [3.63, 3.8) is 0 Å². The molecule has 114 valence electrons. The van der Waals surface area contributed by atoms with E-state index in [4.69, 9.17) is 9.47 Å². The Balaban J connectivity index is 2.40. The maximum atomic E-state index is 11.9. The summed E-state index contributed by atoms with van der Waals surface area (Å²) in [6.45, 7) is 10.0. The molecule has 1 atom stereocenters. The quantitative estimate of drug-likeness (QED) is 0.792. The first-order valence-corrected chi connectivity index (χ1v) is 6.80. The van der Waals surface area contributed by atoms with E-state index in [0.29, 0.717) is 25.3 Å². The molecule has 0 unspecified atom stereocenters. The number of likely N-dealkylation sites (tertiary alicyclic amines) is 1. The number of allylic oxidation sites excluding steroid dienone is 2. The summed E-state index contributed by atoms with van der Waals surface area (Å²) < 4.78 is 10.3. The van der Waals surface area contributed by atoms with Crippen LogP contribution in [0.1, 0.15) is 41.0 Å². The molecule has 0 aliphatic carbocycles. The monoisotopic (exact) mass is 284 g/mol. The molecule has 1 saturated heterocycles. The van der Waals surface area contributed by atoms with Gasteiger partial charge in [-0.1, -0.05) is 0 Å². The normalized spacial score (nSPS) is 19.8. The highest BCUT2D eigenvalue weighted by molar-refractivity contribution is 5.70. The Kier molecular flexibility index (Phi) is 5.42. The molecule has 0 saturated carbocycles. The van der Waals surface area contributed by atoms with Crippen molar-refractivity contribution >= 4 is 12.2 Å². The van der Waals surface area contributed by atoms with Crippen LogP contribution in [0.3, 0.4) is 0 Å². The van der Waals surface area contributed by atoms with Crippen molar-refractivity contribution in [2.75, 3.05) is 13.1 Å². The first-order chi connectivity index (χ1) is 9.21. The Morgan fingerprint density at radius 1 is 1.35 bits per heavy atom. The lowest BCUT2D eigenvalue weighted by molar-refractivity contribution is 0.0290. The molecule has 0 spiro atoms. The third kappa shape index (κ3) is 5.50. The van der Waals surface area contributed by atoms with Gasteiger partial charge in [-0.05, 0) is 47.1 Å². The number of amides is 2. The number of rotatable bonds is 2. The molecular formula is C14H24N2O4. The van der Waals surface area contributed by atoms with Crippen molar-refractivity contribution < 1.29 is 19.1 Å². The van der Waals surface area contributed by atoms with E-state index in [0.717, 1.165) is 0 Å². The summed E-state index contributed by atoms with van der Waals surface area (Å²) in [6, 6.07) is -0.0975. The first-order valence-electron chi connectivity index (χ1n) is 6.80. The van der Waals surface area contributed by atoms with Gasteiger partial charge in [0.1, 0.15) is 11.4 Å². The van der Waals surface area contributed by atoms with E-state index >= 15 is 0 Å². The van der Waals surface area contributed by atoms with Crippen LogP contribution in [0.15, 0.2) is 11.8 Å². The summed E-state index contributed by atoms with van der Waals surface area (Å²) in [7, 11) is 0. The van der Waals surface area contributed by atoms with E-state index in [1.165, 1.54) is 0 Å². The van der Waals surface area contributed by atoms with Gasteiger partial charge in [0.05, 0.1) is 6.04 Å². The topological polar surface area (TPSA) is 67.9 Å². The zero-order valence-electron chi connectivity index (χ0n) is 12.9. The molecule has 20 heavy (non-hydrogen) atoms. The van der Waals surface area contributed by atoms with Crippen molar-refractivity contribution in [3.05, 3.63) is 11.8 Å². The Hall–Kier alpha value is -1.72. The van der Waals surface area contributed by atoms with Gasteiger partial charge in [0.15, 0.2) is 0 Å². The maximum absolute atomic E-state index is 11.9. The molecule has 0 bridgehead atoms. The van der Waals surface area contributed by atoms with Gasteiger partial charge in [-0.3, -0.25) is 0 Å². The second-order valence-corrected chi connectivity index (χ2v) is 5.85. The van der Waals surface area contributed by atoms with Gasteiger partial charge in [-0.15, -0.1) is 0 Å². The number of alkyl carbamates (subject to hydrolysis) is 1. The molecule has 0 radical (unpaired) electrons. The molecule has 1 rings (SSSR count). The second kappa shape index (κ2) is 6.63. The number of nitrogens with one attached hydrogen (secondary N) is 1. The SMILES string of the molecule is C/C=C(/C)OC(=O)N[C@@H]1CCN(C(=O)OC(C)(C)C)C1. The van der Waals surface area contributed by atoms with Crippen LogP contribution >= 0.6 is 0 Å². The average Bonchev–Trinajstić information content (AvgIpc) is 2.74. The molecule has 6 nitrogen and oxygen atoms in total. The van der Waals surface area contributed by atoms with E-state index < -0.39 is 11.7 Å². The Morgan fingerprint density at radius 3 is 2.55 bits per heavy atom. The van der Waals surface area contributed by atoms with Crippen LogP contribution in [0.25, 0.3) is 0 Å². The molecule has 1 fully saturated rings. The van der Waals surface area contributed by atoms with Gasteiger partial charge in [0.2, 0.25) is 0 Å². The Morgan fingerprint density at radius 2 is 2.00 bits per heavy atom. The molecule has 1 aliphatic rings. The minimum Gasteiger partial charge on any atom is -0.444 e. The number of hydrogen-bond acceptors (Lipinski definition) is 4. The van der Waals surface area contributed by atoms with Crippen molar-refractivity contribution in [1.29, 1.82) is 0 Å². The predicted octanol–water partition coefficient (Wildman–Crippen LogP) is 2.65. The predicted molar refractivity (Wildman–Crippen MR) is 75.3 cm³/mol. The average molecular weight is 284 g/mol. The third-order valence-electron chi connectivity index (χ3n) is 2.82. The third-order valence-corrected chi connectivity index (χ3v) is 2.82. The van der Waals surface area contributed by atoms with Crippen molar-refractivity contribution in [2.45, 2.75) is 52.7 Å². The summed E-state index contributed by atoms with van der Waals surface area (Å²) in [4.78, 5) is 25.0. The molecule has 0 aromatic rings. The number of hydrogen-bond donors (Lipinski definition) is 1. The highest BCUT2D eigenvalue weighted by atomic mass is 16.6. The molecule has 1 heterocycles. The van der Waals surface area contributed by atoms with E-state index in [9.17, 15) is 9.59 Å². The van der Waals surface area contributed by atoms with Crippen LogP contribution in [0, 0.1) is 0 Å². The Bertz CT molecular complexity index is 398. The fraction of sp³-hybridized carbons (Fsp3) is 0.714. The largest absolute Gasteiger partial charge is 0.444 e. The zero-order chi connectivity index (χ0) is 15.3. The standard InChI is InChI=1S/C14H24N2O4/c1-6-10(2)19-12(17)15-11-7-8-16(9-11)13(18)20-14(3,4)5/h6,11H,7-9H2,1-5H3,(H,15,17)/b10-6-/t11-/m1/s1. The number of nitrogens with zero attached hydrogens (tertiary/aromatic N) is 1. The molecule has 1 N–H and O–H groups in total. The smallest absolute Gasteiger partial charge is 0.412 e. The van der Waals surface area contributed by atoms with E-state index in [2.05, 4.69) is 5.32 Å². The van der Waals surface area contributed by atoms with Crippen LogP contribution in [-0.2, 0) is 9.47 Å². The fourth-order valence-corrected chi connectivity index (χ4v) is 1.77. The van der Waals surface area contributed by atoms with Crippen LogP contribution in [0.5, 0.6) is 0 Å². The van der Waals surface area contributed by atoms with Crippen molar-refractivity contribution in [1.82, 2.24) is 10.2 Å². The van der Waals surface area contributed by atoms with Gasteiger partial charge in [0, 0.05) is 13.1 Å². The van der Waals surface area contributed by atoms with Crippen LogP contribution in [0.2, 0.25) is 0 Å². The molecule has 0 aromatic carbocycles. The lowest BCUT2D eigenvalue weighted by Gasteiger charge is -2.24. The van der Waals surface area contributed by atoms with Crippen molar-refractivity contribution in [2.24, 2.45) is 0 Å². The van der Waals surface area contributed by atoms with E-state index in [1.807, 2.05) is 20.8 Å². The molecule has 6 heteroatoms. The van der Waals surface area contributed by atoms with Crippen molar-refractivity contribution in [3.8, 4) is 0 Å². The first kappa shape index (κ1) is 16.3. The summed E-state index contributed by atoms with van der Waals surface area (Å²) in [5.74, 6) is 0.546. The van der Waals surface area contributed by atoms with Gasteiger partial charge in [-0.25, -0.2) is 9.59 Å². The number of carbonyl (C=O) groups excluding carboxylic acids is 2. The second-order valence-electron chi connectivity index (χ2n) is 5.85. The highest BCUT2D eigenvalue weighted by Gasteiger charge is 2.30. The van der Waals surface area contributed by atoms with Gasteiger partial charge >= 0.3 is 12.2 Å². The van der Waals surface area contributed by atoms with E-state index in [-0.39, 0.29) is 12.1 Å². The molecule has 1 aliphatic heterocycles. The summed E-state index contributed by atoms with van der Waals surface area (Å²) in [5, 5.41) is 2.74. The van der Waals surface area contributed by atoms with Crippen LogP contribution in [-0.4, -0.2) is 41.8 Å². The number of carbonyl (C=O) groups is 2. The minimum atomic E-state index is -0.509. The summed E-state index contributed by atoms with van der Waals surface area (Å²) >= 11 is 0. The van der Waals surface area contributed by atoms with Crippen LogP contribution in [0.4, 0.5) is 9.59 Å². The lowest BCUT2D eigenvalue weighted by Crippen LogP contribution is -2.40. The molecule has 2 amide bonds. The highest BCUT2D eigenvalue weighted by Crippen LogP contribution is 2.15. The maximum Gasteiger partial charge on any atom is 0.412 e. The van der Waals surface area contributed by atoms with Gasteiger partial charge in [-0.2, -0.15) is 0 Å². The van der Waals surface area contributed by atoms with Gasteiger partial charge in [0.25, 0.3) is 0 Å². The Labute approximate surface area is 120 Å². The lowest BCUT2D eigenvalue weighted by atomic mass is 10.2. The van der Waals surface area contributed by atoms with Gasteiger partial charge < -0.3 is 19.7 Å².